The van der Waals surface area contributed by atoms with E-state index < -0.39 is 30.8 Å². The maximum absolute atomic E-state index is 13.2. The summed E-state index contributed by atoms with van der Waals surface area (Å²) in [6, 6.07) is 3.49. The van der Waals surface area contributed by atoms with Gasteiger partial charge in [-0.05, 0) is 37.0 Å². The fraction of sp³-hybridized carbons (Fsp3) is 0.529. The van der Waals surface area contributed by atoms with Crippen molar-refractivity contribution in [3.05, 3.63) is 29.0 Å². The minimum Gasteiger partial charge on any atom is -0.426 e. The molecule has 0 spiro atoms. The van der Waals surface area contributed by atoms with Crippen LogP contribution in [0, 0.1) is 11.7 Å². The number of hydrogen-bond acceptors (Lipinski definition) is 5. The molecule has 1 heterocycles. The summed E-state index contributed by atoms with van der Waals surface area (Å²) in [6.07, 6.45) is 0.989. The van der Waals surface area contributed by atoms with Gasteiger partial charge in [0.25, 0.3) is 0 Å². The highest BCUT2D eigenvalue weighted by molar-refractivity contribution is 6.43. The van der Waals surface area contributed by atoms with Gasteiger partial charge in [0.05, 0.1) is 23.2 Å². The summed E-state index contributed by atoms with van der Waals surface area (Å²) < 4.78 is 13.2. The van der Waals surface area contributed by atoms with Gasteiger partial charge in [-0.1, -0.05) is 25.4 Å². The van der Waals surface area contributed by atoms with E-state index in [0.29, 0.717) is 25.1 Å². The summed E-state index contributed by atoms with van der Waals surface area (Å²) in [5, 5.41) is 23.9. The van der Waals surface area contributed by atoms with E-state index in [-0.39, 0.29) is 23.4 Å². The third kappa shape index (κ3) is 5.82. The number of nitrogens with zero attached hydrogens (tertiary/aromatic N) is 1. The molecule has 1 aliphatic rings. The first kappa shape index (κ1) is 21.5. The van der Waals surface area contributed by atoms with Crippen molar-refractivity contribution in [2.45, 2.75) is 38.7 Å². The van der Waals surface area contributed by atoms with Crippen LogP contribution in [0.25, 0.3) is 0 Å². The molecule has 1 fully saturated rings. The minimum atomic E-state index is -1.67. The van der Waals surface area contributed by atoms with Crippen molar-refractivity contribution in [3.63, 3.8) is 0 Å². The van der Waals surface area contributed by atoms with Gasteiger partial charge in [0.2, 0.25) is 11.8 Å². The molecule has 7 nitrogen and oxygen atoms in total. The average molecular weight is 400 g/mol. The van der Waals surface area contributed by atoms with E-state index in [4.69, 9.17) is 11.6 Å². The normalized spacial score (nSPS) is 17.3. The molecule has 0 aliphatic carbocycles. The highest BCUT2D eigenvalue weighted by atomic mass is 35.5. The van der Waals surface area contributed by atoms with Crippen molar-refractivity contribution < 1.29 is 24.0 Å². The number of benzene rings is 1. The lowest BCUT2D eigenvalue weighted by molar-refractivity contribution is -0.127. The molecule has 4 N–H and O–H groups in total. The highest BCUT2D eigenvalue weighted by Gasteiger charge is 2.35. The van der Waals surface area contributed by atoms with Gasteiger partial charge >= 0.3 is 7.12 Å². The molecule has 2 amide bonds. The zero-order valence-electron chi connectivity index (χ0n) is 15.3. The van der Waals surface area contributed by atoms with Gasteiger partial charge in [0, 0.05) is 6.54 Å². The van der Waals surface area contributed by atoms with Crippen LogP contribution in [0.15, 0.2) is 18.2 Å². The molecule has 2 rings (SSSR count). The molecule has 0 radical (unpaired) electrons. The summed E-state index contributed by atoms with van der Waals surface area (Å²) in [5.74, 6) is -1.94. The SMILES string of the molecule is CC(C)CC(NC(=O)CNC(=O)[C@@H]1CCN1c1ccc(F)cc1Cl)B(O)O. The number of carbonyl (C=O) groups is 2. The van der Waals surface area contributed by atoms with E-state index in [0.717, 1.165) is 0 Å². The molecule has 0 bridgehead atoms. The van der Waals surface area contributed by atoms with Crippen LogP contribution in [0.4, 0.5) is 10.1 Å². The second-order valence-corrected chi connectivity index (χ2v) is 7.44. The highest BCUT2D eigenvalue weighted by Crippen LogP contribution is 2.33. The summed E-state index contributed by atoms with van der Waals surface area (Å²) >= 11 is 6.04. The fourth-order valence-electron chi connectivity index (χ4n) is 2.97. The Hall–Kier alpha value is -1.84. The Morgan fingerprint density at radius 3 is 2.63 bits per heavy atom. The topological polar surface area (TPSA) is 102 Å². The molecule has 27 heavy (non-hydrogen) atoms. The van der Waals surface area contributed by atoms with Crippen LogP contribution in [0.1, 0.15) is 26.7 Å². The average Bonchev–Trinajstić information content (AvgIpc) is 2.53. The van der Waals surface area contributed by atoms with Crippen molar-refractivity contribution in [2.75, 3.05) is 18.0 Å². The Morgan fingerprint density at radius 1 is 1.41 bits per heavy atom. The predicted molar refractivity (Wildman–Crippen MR) is 102 cm³/mol. The van der Waals surface area contributed by atoms with E-state index in [9.17, 15) is 24.0 Å². The lowest BCUT2D eigenvalue weighted by Gasteiger charge is -2.42. The summed E-state index contributed by atoms with van der Waals surface area (Å²) in [7, 11) is -1.67. The molecule has 0 aromatic heterocycles. The van der Waals surface area contributed by atoms with E-state index in [2.05, 4.69) is 10.6 Å². The van der Waals surface area contributed by atoms with Gasteiger partial charge < -0.3 is 25.6 Å². The van der Waals surface area contributed by atoms with Gasteiger partial charge in [-0.15, -0.1) is 0 Å². The largest absolute Gasteiger partial charge is 0.475 e. The van der Waals surface area contributed by atoms with Gasteiger partial charge in [-0.25, -0.2) is 4.39 Å². The Kier molecular flexibility index (Phi) is 7.46. The summed E-state index contributed by atoms with van der Waals surface area (Å²) in [6.45, 7) is 4.12. The number of rotatable bonds is 8. The van der Waals surface area contributed by atoms with Crippen molar-refractivity contribution in [2.24, 2.45) is 5.92 Å². The molecular formula is C17H24BClFN3O4. The monoisotopic (exact) mass is 399 g/mol. The van der Waals surface area contributed by atoms with Crippen LogP contribution >= 0.6 is 11.6 Å². The molecule has 148 valence electrons. The number of anilines is 1. The Bertz CT molecular complexity index is 692. The molecule has 1 aromatic carbocycles. The van der Waals surface area contributed by atoms with E-state index in [1.165, 1.54) is 18.2 Å². The zero-order valence-corrected chi connectivity index (χ0v) is 16.0. The maximum Gasteiger partial charge on any atom is 0.475 e. The van der Waals surface area contributed by atoms with Crippen LogP contribution in [-0.2, 0) is 9.59 Å². The van der Waals surface area contributed by atoms with Crippen LogP contribution in [0.2, 0.25) is 5.02 Å². The lowest BCUT2D eigenvalue weighted by atomic mass is 9.75. The zero-order chi connectivity index (χ0) is 20.1. The van der Waals surface area contributed by atoms with Gasteiger partial charge in [-0.2, -0.15) is 0 Å². The number of amides is 2. The first-order valence-electron chi connectivity index (χ1n) is 8.84. The first-order valence-corrected chi connectivity index (χ1v) is 9.21. The molecule has 2 atom stereocenters. The van der Waals surface area contributed by atoms with Crippen molar-refractivity contribution in [1.82, 2.24) is 10.6 Å². The Labute approximate surface area is 163 Å². The molecule has 1 unspecified atom stereocenters. The number of nitrogens with one attached hydrogen (secondary N) is 2. The summed E-state index contributed by atoms with van der Waals surface area (Å²) in [5.41, 5.74) is 0.564. The maximum atomic E-state index is 13.2. The predicted octanol–water partition coefficient (Wildman–Crippen LogP) is 0.717. The third-order valence-electron chi connectivity index (χ3n) is 4.40. The number of hydrogen-bond donors (Lipinski definition) is 4. The van der Waals surface area contributed by atoms with Crippen molar-refractivity contribution >= 4 is 36.2 Å². The second kappa shape index (κ2) is 9.39. The Balaban J connectivity index is 1.87. The lowest BCUT2D eigenvalue weighted by Crippen LogP contribution is -2.58. The molecule has 10 heteroatoms. The molecule has 0 saturated carbocycles. The molecular weight excluding hydrogens is 375 g/mol. The number of halogens is 2. The quantitative estimate of drug-likeness (QED) is 0.483. The van der Waals surface area contributed by atoms with Crippen molar-refractivity contribution in [1.29, 1.82) is 0 Å². The van der Waals surface area contributed by atoms with Gasteiger partial charge in [0.15, 0.2) is 0 Å². The fourth-order valence-corrected chi connectivity index (χ4v) is 3.24. The van der Waals surface area contributed by atoms with E-state index in [1.807, 2.05) is 13.8 Å². The van der Waals surface area contributed by atoms with Gasteiger partial charge in [0.1, 0.15) is 11.9 Å². The van der Waals surface area contributed by atoms with Crippen molar-refractivity contribution in [3.8, 4) is 0 Å². The first-order chi connectivity index (χ1) is 12.7. The van der Waals surface area contributed by atoms with Crippen LogP contribution in [0.3, 0.4) is 0 Å². The van der Waals surface area contributed by atoms with E-state index >= 15 is 0 Å². The van der Waals surface area contributed by atoms with Gasteiger partial charge in [-0.3, -0.25) is 9.59 Å². The van der Waals surface area contributed by atoms with Crippen LogP contribution < -0.4 is 15.5 Å². The molecule has 1 saturated heterocycles. The number of carbonyl (C=O) groups excluding carboxylic acids is 2. The molecule has 1 aliphatic heterocycles. The van der Waals surface area contributed by atoms with Crippen LogP contribution in [-0.4, -0.2) is 54.1 Å². The smallest absolute Gasteiger partial charge is 0.426 e. The second-order valence-electron chi connectivity index (χ2n) is 7.03. The third-order valence-corrected chi connectivity index (χ3v) is 4.70. The minimum absolute atomic E-state index is 0.163. The summed E-state index contributed by atoms with van der Waals surface area (Å²) in [4.78, 5) is 26.1. The standard InChI is InChI=1S/C17H24BClFN3O4/c1-10(2)7-15(18(26)27)22-16(24)9-21-17(25)14-5-6-23(14)13-4-3-11(20)8-12(13)19/h3-4,8,10,14-15,26-27H,5-7,9H2,1-2H3,(H,21,25)(H,22,24)/t14-,15?/m0/s1. The molecule has 1 aromatic rings. The van der Waals surface area contributed by atoms with Crippen LogP contribution in [0.5, 0.6) is 0 Å². The van der Waals surface area contributed by atoms with E-state index in [1.54, 1.807) is 4.90 Å². The Morgan fingerprint density at radius 2 is 2.11 bits per heavy atom.